The molecule has 7 atom stereocenters. The zero-order chi connectivity index (χ0) is 33.3. The van der Waals surface area contributed by atoms with Crippen molar-refractivity contribution >= 4 is 124 Å². The van der Waals surface area contributed by atoms with Gasteiger partial charge in [0.2, 0.25) is 0 Å². The van der Waals surface area contributed by atoms with Gasteiger partial charge in [-0.05, 0) is 13.1 Å². The summed E-state index contributed by atoms with van der Waals surface area (Å²) in [5, 5.41) is 0. The summed E-state index contributed by atoms with van der Waals surface area (Å²) >= 11 is 0. The summed E-state index contributed by atoms with van der Waals surface area (Å²) in [6.07, 6.45) is 0. The first-order chi connectivity index (χ1) is 20.2. The highest BCUT2D eigenvalue weighted by Gasteiger charge is 2.57. The van der Waals surface area contributed by atoms with E-state index >= 15 is 0 Å². The maximum atomic E-state index is 7.15. The summed E-state index contributed by atoms with van der Waals surface area (Å²) in [4.78, 5) is 0. The molecule has 260 valence electrons. The van der Waals surface area contributed by atoms with Gasteiger partial charge in [-0.2, -0.15) is 0 Å². The van der Waals surface area contributed by atoms with Crippen LogP contribution >= 0.6 is 0 Å². The molecule has 0 fully saturated rings. The summed E-state index contributed by atoms with van der Waals surface area (Å²) in [5.41, 5.74) is 0. The first-order valence-corrected chi connectivity index (χ1v) is 50.8. The summed E-state index contributed by atoms with van der Waals surface area (Å²) in [7, 11) is -17.6. The Morgan fingerprint density at radius 3 is 1.37 bits per heavy atom. The molecule has 0 spiro atoms. The second-order valence-electron chi connectivity index (χ2n) is 11.5. The molecule has 11 nitrogen and oxygen atoms in total. The molecule has 0 heterocycles. The molecule has 43 heavy (non-hydrogen) atoms. The molecule has 0 saturated heterocycles. The molecule has 0 aliphatic carbocycles. The fourth-order valence-corrected chi connectivity index (χ4v) is 82.2. The lowest BCUT2D eigenvalue weighted by Gasteiger charge is -2.43. The monoisotopic (exact) mass is 850 g/mol. The van der Waals surface area contributed by atoms with E-state index in [0.717, 1.165) is 18.1 Å². The third-order valence-corrected chi connectivity index (χ3v) is 89.0. The highest BCUT2D eigenvalue weighted by atomic mass is 29.6. The van der Waals surface area contributed by atoms with Gasteiger partial charge in [-0.25, -0.2) is 0 Å². The smallest absolute Gasteiger partial charge is 0.426 e. The van der Waals surface area contributed by atoms with Crippen molar-refractivity contribution in [2.24, 2.45) is 0 Å². The van der Waals surface area contributed by atoms with Gasteiger partial charge in [-0.1, -0.05) is 84.7 Å². The number of hydrogen-bond acceptors (Lipinski definition) is 11. The van der Waals surface area contributed by atoms with Gasteiger partial charge < -0.3 is 46.2 Å². The van der Waals surface area contributed by atoms with Crippen molar-refractivity contribution in [2.45, 2.75) is 97.8 Å². The van der Waals surface area contributed by atoms with Crippen LogP contribution in [0.1, 0.15) is 20.8 Å². The topological polar surface area (TPSA) is 102 Å². The van der Waals surface area contributed by atoms with Crippen LogP contribution in [0, 0.1) is 0 Å². The lowest BCUT2D eigenvalue weighted by Crippen LogP contribution is -2.70. The van der Waals surface area contributed by atoms with Crippen molar-refractivity contribution in [1.29, 1.82) is 0 Å². The molecule has 0 bridgehead atoms. The van der Waals surface area contributed by atoms with E-state index in [1.165, 1.54) is 0 Å². The quantitative estimate of drug-likeness (QED) is 0.0912. The van der Waals surface area contributed by atoms with Crippen LogP contribution in [-0.2, 0) is 46.2 Å². The zero-order valence-corrected chi connectivity index (χ0v) is 46.9. The maximum absolute atomic E-state index is 7.15. The first kappa shape index (κ1) is 45.6. The molecular formula is C18H66O11Si14. The first-order valence-electron chi connectivity index (χ1n) is 16.0. The van der Waals surface area contributed by atoms with Crippen LogP contribution in [0.2, 0.25) is 77.1 Å². The predicted molar refractivity (Wildman–Crippen MR) is 215 cm³/mol. The molecule has 0 saturated carbocycles. The molecule has 0 aliphatic heterocycles. The Morgan fingerprint density at radius 1 is 0.581 bits per heavy atom. The van der Waals surface area contributed by atoms with Gasteiger partial charge >= 0.3 is 34.5 Å². The van der Waals surface area contributed by atoms with Gasteiger partial charge in [0.25, 0.3) is 20.0 Å². The van der Waals surface area contributed by atoms with Crippen LogP contribution in [0.25, 0.3) is 0 Å². The van der Waals surface area contributed by atoms with E-state index in [1.54, 1.807) is 21.3 Å². The van der Waals surface area contributed by atoms with E-state index in [0.29, 0.717) is 0 Å². The van der Waals surface area contributed by atoms with Crippen LogP contribution in [0.5, 0.6) is 0 Å². The molecule has 0 N–H and O–H groups in total. The Balaban J connectivity index is 6.17. The van der Waals surface area contributed by atoms with Crippen LogP contribution < -0.4 is 0 Å². The molecule has 0 aliphatic rings. The Bertz CT molecular complexity index is 736. The van der Waals surface area contributed by atoms with E-state index in [1.807, 2.05) is 0 Å². The van der Waals surface area contributed by atoms with Crippen molar-refractivity contribution in [3.8, 4) is 0 Å². The highest BCUT2D eigenvalue weighted by molar-refractivity contribution is 7.49. The standard InChI is InChI=1S/C18H66O11Si14/c1-16-35(10)41(19-4,20-5)26-33-22-39(28-40(14,15)38(13)32-9)23-34-27-43(25-31-8,37(12)18-3)29-42(21-6,24-30-7)36(11)17-2/h35-39H,16-18,30-34H2,1-15H3. The minimum absolute atomic E-state index is 0.0917. The van der Waals surface area contributed by atoms with Gasteiger partial charge in [0, 0.05) is 38.2 Å². The third-order valence-electron chi connectivity index (χ3n) is 8.60. The maximum Gasteiger partial charge on any atom is 0.456 e. The molecule has 25 heteroatoms. The van der Waals surface area contributed by atoms with E-state index in [-0.39, 0.29) is 9.04 Å². The van der Waals surface area contributed by atoms with E-state index in [2.05, 4.69) is 79.7 Å². The number of hydrogen-bond donors (Lipinski definition) is 0. The lowest BCUT2D eigenvalue weighted by atomic mass is 11.0. The van der Waals surface area contributed by atoms with Crippen LogP contribution in [0.15, 0.2) is 0 Å². The van der Waals surface area contributed by atoms with Gasteiger partial charge in [-0.15, -0.1) is 0 Å². The van der Waals surface area contributed by atoms with E-state index in [9.17, 15) is 0 Å². The number of rotatable bonds is 27. The van der Waals surface area contributed by atoms with Gasteiger partial charge in [0.15, 0.2) is 7.83 Å². The Kier molecular flexibility index (Phi) is 24.5. The van der Waals surface area contributed by atoms with Crippen molar-refractivity contribution in [3.05, 3.63) is 0 Å². The molecular weight excluding hydrogens is 785 g/mol. The lowest BCUT2D eigenvalue weighted by molar-refractivity contribution is 0.172. The second kappa shape index (κ2) is 23.1. The summed E-state index contributed by atoms with van der Waals surface area (Å²) in [6, 6.07) is 3.12. The fourth-order valence-electron chi connectivity index (χ4n) is 4.47. The van der Waals surface area contributed by atoms with Crippen molar-refractivity contribution in [3.63, 3.8) is 0 Å². The SMILES string of the molecule is CC[SiH](C)[Si](OC)(OC)O[SiH2]O[SiH](O[SiH2]O[Si](O[SiH2]C)(O[Si](OC)(O[SiH2]C)[SiH](C)CC)[SiH](C)CC)O[Si](C)(C)[SiH](C)[SiH2]C. The average Bonchev–Trinajstić information content (AvgIpc) is 3.00. The Morgan fingerprint density at radius 2 is 0.977 bits per heavy atom. The van der Waals surface area contributed by atoms with Crippen molar-refractivity contribution in [2.75, 3.05) is 21.3 Å². The largest absolute Gasteiger partial charge is 0.456 e. The van der Waals surface area contributed by atoms with Crippen LogP contribution in [0.4, 0.5) is 0 Å². The molecule has 0 radical (unpaired) electrons. The van der Waals surface area contributed by atoms with Crippen LogP contribution in [0.3, 0.4) is 0 Å². The normalized spacial score (nSPS) is 20.7. The van der Waals surface area contributed by atoms with Gasteiger partial charge in [-0.3, -0.25) is 0 Å². The average molecular weight is 852 g/mol. The fraction of sp³-hybridized carbons (Fsp3) is 1.00. The van der Waals surface area contributed by atoms with E-state index < -0.39 is 115 Å². The van der Waals surface area contributed by atoms with Gasteiger partial charge in [0.1, 0.15) is 44.5 Å². The molecule has 0 rings (SSSR count). The van der Waals surface area contributed by atoms with Crippen LogP contribution in [-0.4, -0.2) is 145 Å². The molecule has 0 aromatic rings. The Labute approximate surface area is 287 Å². The third kappa shape index (κ3) is 13.8. The Hall–Kier alpha value is 2.60. The van der Waals surface area contributed by atoms with Crippen molar-refractivity contribution < 1.29 is 46.2 Å². The summed E-state index contributed by atoms with van der Waals surface area (Å²) in [5.74, 6) is 0. The minimum Gasteiger partial charge on any atom is -0.426 e. The van der Waals surface area contributed by atoms with Gasteiger partial charge in [0.05, 0.1) is 0 Å². The second-order valence-corrected chi connectivity index (χ2v) is 72.2. The molecule has 0 amide bonds. The van der Waals surface area contributed by atoms with E-state index in [4.69, 9.17) is 46.2 Å². The highest BCUT2D eigenvalue weighted by Crippen LogP contribution is 2.26. The minimum atomic E-state index is -3.02. The molecule has 0 aromatic carbocycles. The summed E-state index contributed by atoms with van der Waals surface area (Å²) < 4.78 is 71.5. The molecule has 0 aromatic heterocycles. The summed E-state index contributed by atoms with van der Waals surface area (Å²) in [6.45, 7) is 27.4. The predicted octanol–water partition coefficient (Wildman–Crippen LogP) is -1.43. The van der Waals surface area contributed by atoms with Crippen molar-refractivity contribution in [1.82, 2.24) is 0 Å². The molecule has 7 unspecified atom stereocenters. The zero-order valence-electron chi connectivity index (χ0n) is 30.0.